The smallest absolute Gasteiger partial charge is 0.261 e. The Morgan fingerprint density at radius 3 is 2.77 bits per heavy atom. The number of imidazole rings is 1. The molecule has 0 unspecified atom stereocenters. The van der Waals surface area contributed by atoms with Crippen LogP contribution in [0.1, 0.15) is 21.9 Å². The summed E-state index contributed by atoms with van der Waals surface area (Å²) in [7, 11) is 0. The van der Waals surface area contributed by atoms with Gasteiger partial charge in [-0.15, -0.1) is 11.3 Å². The van der Waals surface area contributed by atoms with Crippen LogP contribution in [0.15, 0.2) is 66.0 Å². The highest BCUT2D eigenvalue weighted by molar-refractivity contribution is 7.12. The summed E-state index contributed by atoms with van der Waals surface area (Å²) in [6.45, 7) is 1.88. The average Bonchev–Trinajstić information content (AvgIpc) is 3.41. The average molecular weight is 440 g/mol. The summed E-state index contributed by atoms with van der Waals surface area (Å²) in [5.74, 6) is 1.62. The maximum atomic E-state index is 12.2. The number of halogens is 1. The number of carbonyl (C=O) groups is 1. The van der Waals surface area contributed by atoms with Gasteiger partial charge in [-0.2, -0.15) is 0 Å². The molecule has 0 radical (unpaired) electrons. The van der Waals surface area contributed by atoms with Crippen LogP contribution in [0.4, 0.5) is 0 Å². The van der Waals surface area contributed by atoms with Crippen LogP contribution >= 0.6 is 22.9 Å². The number of benzene rings is 2. The number of rotatable bonds is 9. The first-order valence-corrected chi connectivity index (χ1v) is 11.1. The SMILES string of the molecule is O=C(NCCc1nc2ccccc2n1CCCOc1ccccc1Cl)c1cccs1. The molecular formula is C23H22ClN3O2S. The molecule has 4 rings (SSSR count). The summed E-state index contributed by atoms with van der Waals surface area (Å²) in [5, 5.41) is 5.50. The number of nitrogens with one attached hydrogen (secondary N) is 1. The van der Waals surface area contributed by atoms with Crippen LogP contribution in [-0.4, -0.2) is 28.6 Å². The molecule has 4 aromatic rings. The van der Waals surface area contributed by atoms with Crippen molar-refractivity contribution in [3.8, 4) is 5.75 Å². The number of nitrogens with zero attached hydrogens (tertiary/aromatic N) is 2. The van der Waals surface area contributed by atoms with E-state index in [0.717, 1.165) is 34.7 Å². The highest BCUT2D eigenvalue weighted by atomic mass is 35.5. The zero-order valence-electron chi connectivity index (χ0n) is 16.4. The van der Waals surface area contributed by atoms with Crippen molar-refractivity contribution in [1.29, 1.82) is 0 Å². The van der Waals surface area contributed by atoms with E-state index < -0.39 is 0 Å². The van der Waals surface area contributed by atoms with Crippen molar-refractivity contribution in [2.45, 2.75) is 19.4 Å². The Morgan fingerprint density at radius 2 is 1.93 bits per heavy atom. The normalized spacial score (nSPS) is 11.0. The first-order valence-electron chi connectivity index (χ1n) is 9.85. The summed E-state index contributed by atoms with van der Waals surface area (Å²) in [6, 6.07) is 19.3. The summed E-state index contributed by atoms with van der Waals surface area (Å²) < 4.78 is 8.03. The molecule has 0 saturated carbocycles. The van der Waals surface area contributed by atoms with Crippen LogP contribution in [0.5, 0.6) is 5.75 Å². The Kier molecular flexibility index (Phi) is 6.67. The molecular weight excluding hydrogens is 418 g/mol. The van der Waals surface area contributed by atoms with Gasteiger partial charge >= 0.3 is 0 Å². The maximum Gasteiger partial charge on any atom is 0.261 e. The molecule has 0 aliphatic rings. The lowest BCUT2D eigenvalue weighted by Crippen LogP contribution is -2.25. The van der Waals surface area contributed by atoms with E-state index in [0.29, 0.717) is 30.3 Å². The highest BCUT2D eigenvalue weighted by Gasteiger charge is 2.12. The van der Waals surface area contributed by atoms with E-state index in [-0.39, 0.29) is 5.91 Å². The predicted molar refractivity (Wildman–Crippen MR) is 122 cm³/mol. The van der Waals surface area contributed by atoms with Gasteiger partial charge in [-0.3, -0.25) is 4.79 Å². The van der Waals surface area contributed by atoms with Gasteiger partial charge in [-0.05, 0) is 42.1 Å². The van der Waals surface area contributed by atoms with Crippen molar-refractivity contribution in [2.75, 3.05) is 13.2 Å². The summed E-state index contributed by atoms with van der Waals surface area (Å²) >= 11 is 7.59. The lowest BCUT2D eigenvalue weighted by Gasteiger charge is -2.11. The van der Waals surface area contributed by atoms with Crippen molar-refractivity contribution in [1.82, 2.24) is 14.9 Å². The zero-order chi connectivity index (χ0) is 20.8. The maximum absolute atomic E-state index is 12.2. The minimum Gasteiger partial charge on any atom is -0.492 e. The molecule has 7 heteroatoms. The number of hydrogen-bond acceptors (Lipinski definition) is 4. The first kappa shape index (κ1) is 20.4. The van der Waals surface area contributed by atoms with Gasteiger partial charge in [0.15, 0.2) is 0 Å². The molecule has 0 saturated heterocycles. The fraction of sp³-hybridized carbons (Fsp3) is 0.217. The summed E-state index contributed by atoms with van der Waals surface area (Å²) in [5.41, 5.74) is 2.05. The number of aryl methyl sites for hydroxylation is 1. The Morgan fingerprint density at radius 1 is 1.10 bits per heavy atom. The molecule has 1 amide bonds. The van der Waals surface area contributed by atoms with Crippen molar-refractivity contribution >= 4 is 39.9 Å². The zero-order valence-corrected chi connectivity index (χ0v) is 18.0. The van der Waals surface area contributed by atoms with Gasteiger partial charge in [-0.1, -0.05) is 41.9 Å². The van der Waals surface area contributed by atoms with Gasteiger partial charge in [0.1, 0.15) is 11.6 Å². The van der Waals surface area contributed by atoms with E-state index in [1.165, 1.54) is 11.3 Å². The number of amides is 1. The van der Waals surface area contributed by atoms with Gasteiger partial charge in [0.25, 0.3) is 5.91 Å². The molecule has 0 aliphatic heterocycles. The van der Waals surface area contributed by atoms with E-state index in [4.69, 9.17) is 21.3 Å². The molecule has 2 aromatic heterocycles. The Hall–Kier alpha value is -2.83. The molecule has 0 spiro atoms. The summed E-state index contributed by atoms with van der Waals surface area (Å²) in [4.78, 5) is 17.7. The van der Waals surface area contributed by atoms with E-state index >= 15 is 0 Å². The van der Waals surface area contributed by atoms with Crippen molar-refractivity contribution < 1.29 is 9.53 Å². The van der Waals surface area contributed by atoms with Gasteiger partial charge in [0.2, 0.25) is 0 Å². The van der Waals surface area contributed by atoms with Crippen molar-refractivity contribution in [3.05, 3.63) is 81.8 Å². The molecule has 154 valence electrons. The third kappa shape index (κ3) is 4.83. The topological polar surface area (TPSA) is 56.2 Å². The Bertz CT molecular complexity index is 1120. The van der Waals surface area contributed by atoms with Gasteiger partial charge in [0.05, 0.1) is 27.5 Å². The van der Waals surface area contributed by atoms with Gasteiger partial charge < -0.3 is 14.6 Å². The van der Waals surface area contributed by atoms with Crippen LogP contribution in [0.25, 0.3) is 11.0 Å². The predicted octanol–water partition coefficient (Wildman–Crippen LogP) is 5.19. The Balaban J connectivity index is 1.38. The quantitative estimate of drug-likeness (QED) is 0.365. The van der Waals surface area contributed by atoms with Crippen LogP contribution in [0.2, 0.25) is 5.02 Å². The van der Waals surface area contributed by atoms with Gasteiger partial charge in [0, 0.05) is 19.5 Å². The number of fused-ring (bicyclic) bond motifs is 1. The second kappa shape index (κ2) is 9.78. The molecule has 30 heavy (non-hydrogen) atoms. The number of carbonyl (C=O) groups excluding carboxylic acids is 1. The van der Waals surface area contributed by atoms with E-state index in [1.807, 2.05) is 60.0 Å². The molecule has 2 aromatic carbocycles. The van der Waals surface area contributed by atoms with Crippen molar-refractivity contribution in [3.63, 3.8) is 0 Å². The van der Waals surface area contributed by atoms with E-state index in [9.17, 15) is 4.79 Å². The second-order valence-electron chi connectivity index (χ2n) is 6.78. The fourth-order valence-electron chi connectivity index (χ4n) is 3.32. The number of hydrogen-bond donors (Lipinski definition) is 1. The van der Waals surface area contributed by atoms with Crippen molar-refractivity contribution in [2.24, 2.45) is 0 Å². The molecule has 1 N–H and O–H groups in total. The third-order valence-corrected chi connectivity index (χ3v) is 5.91. The minimum atomic E-state index is -0.0409. The molecule has 0 atom stereocenters. The lowest BCUT2D eigenvalue weighted by atomic mass is 10.3. The van der Waals surface area contributed by atoms with E-state index in [2.05, 4.69) is 16.0 Å². The molecule has 5 nitrogen and oxygen atoms in total. The molecule has 0 aliphatic carbocycles. The summed E-state index contributed by atoms with van der Waals surface area (Å²) in [6.07, 6.45) is 1.48. The number of thiophene rings is 1. The lowest BCUT2D eigenvalue weighted by molar-refractivity contribution is 0.0958. The van der Waals surface area contributed by atoms with Crippen LogP contribution in [0.3, 0.4) is 0 Å². The number of aromatic nitrogens is 2. The first-order chi connectivity index (χ1) is 14.7. The highest BCUT2D eigenvalue weighted by Crippen LogP contribution is 2.23. The molecule has 2 heterocycles. The standard InChI is InChI=1S/C23H22ClN3O2S/c24-17-7-1-4-10-20(17)29-15-6-14-27-19-9-3-2-8-18(19)26-22(27)12-13-25-23(28)21-11-5-16-30-21/h1-5,7-11,16H,6,12-15H2,(H,25,28). The van der Waals surface area contributed by atoms with E-state index in [1.54, 1.807) is 0 Å². The fourth-order valence-corrected chi connectivity index (χ4v) is 4.15. The molecule has 0 fully saturated rings. The monoisotopic (exact) mass is 439 g/mol. The Labute approximate surface area is 184 Å². The van der Waals surface area contributed by atoms with Crippen LogP contribution in [0, 0.1) is 0 Å². The third-order valence-electron chi connectivity index (χ3n) is 4.73. The van der Waals surface area contributed by atoms with Gasteiger partial charge in [-0.25, -0.2) is 4.98 Å². The number of para-hydroxylation sites is 3. The van der Waals surface area contributed by atoms with Crippen LogP contribution < -0.4 is 10.1 Å². The largest absolute Gasteiger partial charge is 0.492 e. The number of ether oxygens (including phenoxy) is 1. The second-order valence-corrected chi connectivity index (χ2v) is 8.14. The van der Waals surface area contributed by atoms with Crippen LogP contribution in [-0.2, 0) is 13.0 Å². The minimum absolute atomic E-state index is 0.0409. The molecule has 0 bridgehead atoms.